The minimum Gasteiger partial charge on any atom is -0.336 e. The number of carbonyl (C=O) groups is 1. The summed E-state index contributed by atoms with van der Waals surface area (Å²) < 4.78 is 1.40. The Bertz CT molecular complexity index is 788. The topological polar surface area (TPSA) is 76.0 Å². The molecule has 3 rings (SSSR count). The van der Waals surface area contributed by atoms with Gasteiger partial charge in [0.1, 0.15) is 0 Å². The van der Waals surface area contributed by atoms with Crippen LogP contribution in [0.3, 0.4) is 0 Å². The lowest BCUT2D eigenvalue weighted by Gasteiger charge is -2.10. The molecule has 1 aliphatic rings. The maximum absolute atomic E-state index is 11.9. The molecule has 23 heavy (non-hydrogen) atoms. The van der Waals surface area contributed by atoms with Gasteiger partial charge >= 0.3 is 6.03 Å². The van der Waals surface area contributed by atoms with Crippen LogP contribution < -0.4 is 16.2 Å². The van der Waals surface area contributed by atoms with E-state index in [0.29, 0.717) is 23.8 Å². The first-order chi connectivity index (χ1) is 11.1. The number of urea groups is 1. The fraction of sp³-hybridized carbons (Fsp3) is 0.312. The van der Waals surface area contributed by atoms with E-state index in [-0.39, 0.29) is 11.6 Å². The number of anilines is 1. The SMILES string of the molecule is O=C(NCCn1nc2c(cc1=O)CCC2)Nc1ccccc1Cl. The molecule has 6 nitrogen and oxygen atoms in total. The molecule has 2 N–H and O–H groups in total. The summed E-state index contributed by atoms with van der Waals surface area (Å²) in [5.41, 5.74) is 2.46. The first kappa shape index (κ1) is 15.6. The van der Waals surface area contributed by atoms with E-state index in [4.69, 9.17) is 11.6 Å². The summed E-state index contributed by atoms with van der Waals surface area (Å²) in [5.74, 6) is 0. The van der Waals surface area contributed by atoms with E-state index in [1.54, 1.807) is 30.3 Å². The van der Waals surface area contributed by atoms with Crippen LogP contribution in [0.5, 0.6) is 0 Å². The van der Waals surface area contributed by atoms with Crippen LogP contribution in [-0.4, -0.2) is 22.4 Å². The number of nitrogens with zero attached hydrogens (tertiary/aromatic N) is 2. The second-order valence-corrected chi connectivity index (χ2v) is 5.80. The second-order valence-electron chi connectivity index (χ2n) is 5.39. The molecule has 1 aromatic carbocycles. The lowest BCUT2D eigenvalue weighted by Crippen LogP contribution is -2.34. The maximum atomic E-state index is 11.9. The van der Waals surface area contributed by atoms with E-state index in [1.165, 1.54) is 4.68 Å². The van der Waals surface area contributed by atoms with E-state index < -0.39 is 0 Å². The van der Waals surface area contributed by atoms with Gasteiger partial charge in [-0.15, -0.1) is 0 Å². The van der Waals surface area contributed by atoms with E-state index in [2.05, 4.69) is 15.7 Å². The Kier molecular flexibility index (Phi) is 4.62. The summed E-state index contributed by atoms with van der Waals surface area (Å²) >= 11 is 5.98. The molecule has 2 amide bonds. The zero-order valence-corrected chi connectivity index (χ0v) is 13.3. The van der Waals surface area contributed by atoms with E-state index in [1.807, 2.05) is 0 Å². The Morgan fingerprint density at radius 3 is 2.96 bits per heavy atom. The van der Waals surface area contributed by atoms with Crippen molar-refractivity contribution in [3.05, 3.63) is 57.0 Å². The highest BCUT2D eigenvalue weighted by molar-refractivity contribution is 6.33. The van der Waals surface area contributed by atoms with Crippen molar-refractivity contribution in [1.82, 2.24) is 15.1 Å². The highest BCUT2D eigenvalue weighted by Gasteiger charge is 2.14. The number of amides is 2. The molecule has 1 aromatic heterocycles. The monoisotopic (exact) mass is 332 g/mol. The zero-order chi connectivity index (χ0) is 16.2. The summed E-state index contributed by atoms with van der Waals surface area (Å²) in [7, 11) is 0. The van der Waals surface area contributed by atoms with Crippen LogP contribution in [0.1, 0.15) is 17.7 Å². The van der Waals surface area contributed by atoms with Gasteiger partial charge in [0.15, 0.2) is 0 Å². The summed E-state index contributed by atoms with van der Waals surface area (Å²) in [6.07, 6.45) is 2.89. The van der Waals surface area contributed by atoms with Gasteiger partial charge in [-0.1, -0.05) is 23.7 Å². The normalized spacial score (nSPS) is 12.7. The zero-order valence-electron chi connectivity index (χ0n) is 12.5. The lowest BCUT2D eigenvalue weighted by atomic mass is 10.2. The quantitative estimate of drug-likeness (QED) is 0.901. The predicted octanol–water partition coefficient (Wildman–Crippen LogP) is 2.21. The van der Waals surface area contributed by atoms with Gasteiger partial charge in [-0.05, 0) is 37.0 Å². The van der Waals surface area contributed by atoms with Crippen LogP contribution in [0.2, 0.25) is 5.02 Å². The lowest BCUT2D eigenvalue weighted by molar-refractivity contribution is 0.251. The third kappa shape index (κ3) is 3.71. The van der Waals surface area contributed by atoms with Gasteiger partial charge in [0.05, 0.1) is 22.9 Å². The van der Waals surface area contributed by atoms with Crippen molar-refractivity contribution in [3.8, 4) is 0 Å². The fourth-order valence-electron chi connectivity index (χ4n) is 2.60. The molecule has 0 aliphatic heterocycles. The van der Waals surface area contributed by atoms with Crippen LogP contribution in [0.25, 0.3) is 0 Å². The summed E-state index contributed by atoms with van der Waals surface area (Å²) in [5, 5.41) is 10.2. The van der Waals surface area contributed by atoms with E-state index in [9.17, 15) is 9.59 Å². The molecule has 120 valence electrons. The minimum absolute atomic E-state index is 0.126. The molecule has 0 unspecified atom stereocenters. The van der Waals surface area contributed by atoms with Crippen LogP contribution in [0.4, 0.5) is 10.5 Å². The van der Waals surface area contributed by atoms with Crippen molar-refractivity contribution in [1.29, 1.82) is 0 Å². The average molecular weight is 333 g/mol. The molecule has 0 fully saturated rings. The summed E-state index contributed by atoms with van der Waals surface area (Å²) in [6, 6.07) is 8.28. The van der Waals surface area contributed by atoms with Crippen molar-refractivity contribution >= 4 is 23.3 Å². The number of halogens is 1. The first-order valence-electron chi connectivity index (χ1n) is 7.53. The van der Waals surface area contributed by atoms with Crippen molar-refractivity contribution in [2.24, 2.45) is 0 Å². The molecule has 7 heteroatoms. The molecular formula is C16H17ClN4O2. The van der Waals surface area contributed by atoms with Crippen molar-refractivity contribution in [3.63, 3.8) is 0 Å². The number of carbonyl (C=O) groups excluding carboxylic acids is 1. The molecule has 0 saturated heterocycles. The fourth-order valence-corrected chi connectivity index (χ4v) is 2.79. The predicted molar refractivity (Wildman–Crippen MR) is 89.0 cm³/mol. The smallest absolute Gasteiger partial charge is 0.319 e. The van der Waals surface area contributed by atoms with Gasteiger partial charge < -0.3 is 10.6 Å². The van der Waals surface area contributed by atoms with E-state index >= 15 is 0 Å². The van der Waals surface area contributed by atoms with Crippen molar-refractivity contribution < 1.29 is 4.79 Å². The highest BCUT2D eigenvalue weighted by Crippen LogP contribution is 2.20. The molecular weight excluding hydrogens is 316 g/mol. The molecule has 0 atom stereocenters. The number of aromatic nitrogens is 2. The maximum Gasteiger partial charge on any atom is 0.319 e. The number of nitrogens with one attached hydrogen (secondary N) is 2. The van der Waals surface area contributed by atoms with Crippen molar-refractivity contribution in [2.75, 3.05) is 11.9 Å². The second kappa shape index (κ2) is 6.83. The Balaban J connectivity index is 1.55. The van der Waals surface area contributed by atoms with Gasteiger partial charge in [-0.2, -0.15) is 5.10 Å². The number of hydrogen-bond donors (Lipinski definition) is 2. The summed E-state index contributed by atoms with van der Waals surface area (Å²) in [4.78, 5) is 23.8. The molecule has 0 saturated carbocycles. The molecule has 0 radical (unpaired) electrons. The molecule has 1 aliphatic carbocycles. The Morgan fingerprint density at radius 1 is 1.30 bits per heavy atom. The molecule has 1 heterocycles. The van der Waals surface area contributed by atoms with Gasteiger partial charge in [0.2, 0.25) is 0 Å². The van der Waals surface area contributed by atoms with E-state index in [0.717, 1.165) is 30.5 Å². The number of rotatable bonds is 4. The third-order valence-corrected chi connectivity index (χ3v) is 4.08. The third-order valence-electron chi connectivity index (χ3n) is 3.76. The number of benzene rings is 1. The van der Waals surface area contributed by atoms with Crippen molar-refractivity contribution in [2.45, 2.75) is 25.8 Å². The number of fused-ring (bicyclic) bond motifs is 1. The standard InChI is InChI=1S/C16H17ClN4O2/c17-12-5-1-2-6-14(12)19-16(23)18-8-9-21-15(22)10-11-4-3-7-13(11)20-21/h1-2,5-6,10H,3-4,7-9H2,(H2,18,19,23). The Labute approximate surface area is 138 Å². The number of hydrogen-bond acceptors (Lipinski definition) is 3. The first-order valence-corrected chi connectivity index (χ1v) is 7.90. The van der Waals surface area contributed by atoms with Crippen LogP contribution in [0, 0.1) is 0 Å². The Hall–Kier alpha value is -2.34. The van der Waals surface area contributed by atoms with Crippen LogP contribution in [0.15, 0.2) is 35.1 Å². The molecule has 0 bridgehead atoms. The minimum atomic E-state index is -0.368. The highest BCUT2D eigenvalue weighted by atomic mass is 35.5. The van der Waals surface area contributed by atoms with Gasteiger partial charge in [-0.3, -0.25) is 4.79 Å². The van der Waals surface area contributed by atoms with Gasteiger partial charge in [-0.25, -0.2) is 9.48 Å². The van der Waals surface area contributed by atoms with Crippen LogP contribution in [-0.2, 0) is 19.4 Å². The molecule has 2 aromatic rings. The average Bonchev–Trinajstić information content (AvgIpc) is 2.97. The largest absolute Gasteiger partial charge is 0.336 e. The number of aryl methyl sites for hydroxylation is 2. The Morgan fingerprint density at radius 2 is 2.13 bits per heavy atom. The van der Waals surface area contributed by atoms with Gasteiger partial charge in [0.25, 0.3) is 5.56 Å². The van der Waals surface area contributed by atoms with Crippen LogP contribution >= 0.6 is 11.6 Å². The summed E-state index contributed by atoms with van der Waals surface area (Å²) in [6.45, 7) is 0.643. The number of para-hydroxylation sites is 1. The van der Waals surface area contributed by atoms with Gasteiger partial charge in [0, 0.05) is 12.6 Å². The molecule has 0 spiro atoms.